The van der Waals surface area contributed by atoms with E-state index in [9.17, 15) is 13.6 Å². The van der Waals surface area contributed by atoms with Gasteiger partial charge in [0.2, 0.25) is 0 Å². The van der Waals surface area contributed by atoms with Gasteiger partial charge in [-0.3, -0.25) is 0 Å². The molecule has 2 aromatic carbocycles. The average Bonchev–Trinajstić information content (AvgIpc) is 2.96. The lowest BCUT2D eigenvalue weighted by molar-refractivity contribution is 0.334. The van der Waals surface area contributed by atoms with Crippen molar-refractivity contribution in [2.24, 2.45) is 0 Å². The first-order valence-electron chi connectivity index (χ1n) is 7.86. The number of ether oxygens (including phenoxy) is 1. The Balaban J connectivity index is 2.18. The summed E-state index contributed by atoms with van der Waals surface area (Å²) >= 11 is 0. The maximum absolute atomic E-state index is 13.9. The number of halogens is 2. The smallest absolute Gasteiger partial charge is 0.442 e. The van der Waals surface area contributed by atoms with Crippen molar-refractivity contribution in [3.8, 4) is 22.9 Å². The Kier molecular flexibility index (Phi) is 4.65. The van der Waals surface area contributed by atoms with Crippen molar-refractivity contribution in [2.45, 2.75) is 20.3 Å². The summed E-state index contributed by atoms with van der Waals surface area (Å²) in [6.45, 7) is 4.17. The van der Waals surface area contributed by atoms with Crippen LogP contribution in [0.25, 0.3) is 17.1 Å². The quantitative estimate of drug-likeness (QED) is 0.706. The molecule has 7 heteroatoms. The molecule has 0 radical (unpaired) electrons. The number of aromatic nitrogens is 2. The van der Waals surface area contributed by atoms with Crippen LogP contribution in [0.2, 0.25) is 0 Å². The Labute approximate surface area is 142 Å². The van der Waals surface area contributed by atoms with Crippen molar-refractivity contribution in [2.75, 3.05) is 6.61 Å². The van der Waals surface area contributed by atoms with E-state index in [-0.39, 0.29) is 0 Å². The standard InChI is InChI=1S/C18H16F2N2O3/c1-3-11-7-5-10-14(16(11)24-4-2)22-18(23)25-17(21-22)15-12(19)8-6-9-13(15)20/h5-10H,3-4H2,1-2H3. The monoisotopic (exact) mass is 346 g/mol. The minimum atomic E-state index is -0.860. The number of rotatable bonds is 5. The largest absolute Gasteiger partial charge is 0.491 e. The van der Waals surface area contributed by atoms with E-state index in [0.717, 1.165) is 22.4 Å². The van der Waals surface area contributed by atoms with Crippen LogP contribution in [0.5, 0.6) is 5.75 Å². The van der Waals surface area contributed by atoms with Crippen molar-refractivity contribution < 1.29 is 17.9 Å². The molecule has 130 valence electrons. The molecule has 0 aliphatic rings. The zero-order chi connectivity index (χ0) is 18.0. The molecule has 25 heavy (non-hydrogen) atoms. The maximum Gasteiger partial charge on any atom is 0.442 e. The van der Waals surface area contributed by atoms with E-state index in [1.54, 1.807) is 12.1 Å². The van der Waals surface area contributed by atoms with Crippen LogP contribution in [0, 0.1) is 11.6 Å². The van der Waals surface area contributed by atoms with Gasteiger partial charge in [0.15, 0.2) is 0 Å². The number of hydrogen-bond donors (Lipinski definition) is 0. The van der Waals surface area contributed by atoms with E-state index in [1.165, 1.54) is 6.07 Å². The molecule has 0 amide bonds. The number of para-hydroxylation sites is 1. The van der Waals surface area contributed by atoms with Gasteiger partial charge in [-0.05, 0) is 37.1 Å². The fourth-order valence-corrected chi connectivity index (χ4v) is 2.56. The number of nitrogens with zero attached hydrogens (tertiary/aromatic N) is 2. The normalized spacial score (nSPS) is 10.9. The predicted octanol–water partition coefficient (Wildman–Crippen LogP) is 3.73. The van der Waals surface area contributed by atoms with Crippen molar-refractivity contribution in [3.63, 3.8) is 0 Å². The molecule has 0 N–H and O–H groups in total. The highest BCUT2D eigenvalue weighted by molar-refractivity contribution is 5.56. The molecule has 0 bridgehead atoms. The first kappa shape index (κ1) is 16.9. The Hall–Kier alpha value is -2.96. The zero-order valence-corrected chi connectivity index (χ0v) is 13.8. The van der Waals surface area contributed by atoms with Gasteiger partial charge in [0.25, 0.3) is 5.89 Å². The molecule has 0 saturated carbocycles. The SMILES string of the molecule is CCOc1c(CC)cccc1-n1nc(-c2c(F)cccc2F)oc1=O. The Morgan fingerprint density at radius 3 is 2.44 bits per heavy atom. The summed E-state index contributed by atoms with van der Waals surface area (Å²) in [4.78, 5) is 12.2. The molecule has 0 aliphatic carbocycles. The maximum atomic E-state index is 13.9. The molecule has 1 heterocycles. The third kappa shape index (κ3) is 3.05. The van der Waals surface area contributed by atoms with Crippen LogP contribution in [-0.2, 0) is 6.42 Å². The molecular formula is C18H16F2N2O3. The van der Waals surface area contributed by atoms with Gasteiger partial charge < -0.3 is 9.15 Å². The molecule has 0 spiro atoms. The fraction of sp³-hybridized carbons (Fsp3) is 0.222. The van der Waals surface area contributed by atoms with E-state index < -0.39 is 28.8 Å². The van der Waals surface area contributed by atoms with Gasteiger partial charge >= 0.3 is 5.76 Å². The molecule has 5 nitrogen and oxygen atoms in total. The third-order valence-corrected chi connectivity index (χ3v) is 3.70. The summed E-state index contributed by atoms with van der Waals surface area (Å²) in [5.74, 6) is -2.51. The summed E-state index contributed by atoms with van der Waals surface area (Å²) in [6, 6.07) is 8.62. The van der Waals surface area contributed by atoms with Gasteiger partial charge in [0.05, 0.1) is 6.61 Å². The second-order valence-corrected chi connectivity index (χ2v) is 5.23. The topological polar surface area (TPSA) is 57.3 Å². The Bertz CT molecular complexity index is 943. The first-order chi connectivity index (χ1) is 12.1. The van der Waals surface area contributed by atoms with Crippen LogP contribution in [0.3, 0.4) is 0 Å². The molecule has 0 fully saturated rings. The van der Waals surface area contributed by atoms with Crippen molar-refractivity contribution >= 4 is 0 Å². The Morgan fingerprint density at radius 1 is 1.12 bits per heavy atom. The number of aryl methyl sites for hydroxylation is 1. The summed E-state index contributed by atoms with van der Waals surface area (Å²) in [5, 5.41) is 3.97. The molecule has 3 rings (SSSR count). The number of benzene rings is 2. The highest BCUT2D eigenvalue weighted by Crippen LogP contribution is 2.29. The minimum absolute atomic E-state index is 0.359. The minimum Gasteiger partial charge on any atom is -0.491 e. The summed E-state index contributed by atoms with van der Waals surface area (Å²) in [7, 11) is 0. The molecule has 0 atom stereocenters. The van der Waals surface area contributed by atoms with Crippen LogP contribution in [0.15, 0.2) is 45.6 Å². The highest BCUT2D eigenvalue weighted by atomic mass is 19.1. The van der Waals surface area contributed by atoms with Gasteiger partial charge in [-0.2, -0.15) is 4.68 Å². The predicted molar refractivity (Wildman–Crippen MR) is 88.0 cm³/mol. The third-order valence-electron chi connectivity index (χ3n) is 3.70. The van der Waals surface area contributed by atoms with Crippen LogP contribution in [0.4, 0.5) is 8.78 Å². The molecule has 0 saturated heterocycles. The highest BCUT2D eigenvalue weighted by Gasteiger charge is 2.21. The van der Waals surface area contributed by atoms with Gasteiger partial charge in [-0.15, -0.1) is 5.10 Å². The first-order valence-corrected chi connectivity index (χ1v) is 7.86. The second-order valence-electron chi connectivity index (χ2n) is 5.23. The van der Waals surface area contributed by atoms with E-state index in [1.807, 2.05) is 19.9 Å². The van der Waals surface area contributed by atoms with Crippen LogP contribution in [0.1, 0.15) is 19.4 Å². The van der Waals surface area contributed by atoms with Crippen molar-refractivity contribution in [1.29, 1.82) is 0 Å². The Morgan fingerprint density at radius 2 is 1.80 bits per heavy atom. The van der Waals surface area contributed by atoms with Crippen LogP contribution < -0.4 is 10.5 Å². The molecule has 0 unspecified atom stereocenters. The molecule has 0 aliphatic heterocycles. The van der Waals surface area contributed by atoms with E-state index in [0.29, 0.717) is 24.5 Å². The van der Waals surface area contributed by atoms with E-state index in [4.69, 9.17) is 9.15 Å². The van der Waals surface area contributed by atoms with Crippen LogP contribution in [-0.4, -0.2) is 16.4 Å². The zero-order valence-electron chi connectivity index (χ0n) is 13.8. The second kappa shape index (κ2) is 6.88. The van der Waals surface area contributed by atoms with E-state index >= 15 is 0 Å². The van der Waals surface area contributed by atoms with Gasteiger partial charge in [0, 0.05) is 0 Å². The average molecular weight is 346 g/mol. The fourth-order valence-electron chi connectivity index (χ4n) is 2.56. The van der Waals surface area contributed by atoms with Gasteiger partial charge in [-0.1, -0.05) is 25.1 Å². The van der Waals surface area contributed by atoms with Crippen LogP contribution >= 0.6 is 0 Å². The van der Waals surface area contributed by atoms with Crippen molar-refractivity contribution in [1.82, 2.24) is 9.78 Å². The van der Waals surface area contributed by atoms with E-state index in [2.05, 4.69) is 5.10 Å². The lowest BCUT2D eigenvalue weighted by Crippen LogP contribution is -2.15. The molecule has 3 aromatic rings. The summed E-state index contributed by atoms with van der Waals surface area (Å²) in [5.41, 5.74) is 0.758. The lowest BCUT2D eigenvalue weighted by atomic mass is 10.1. The lowest BCUT2D eigenvalue weighted by Gasteiger charge is -2.12. The van der Waals surface area contributed by atoms with Crippen molar-refractivity contribution in [3.05, 3.63) is 64.1 Å². The number of hydrogen-bond acceptors (Lipinski definition) is 4. The van der Waals surface area contributed by atoms with Gasteiger partial charge in [0.1, 0.15) is 28.6 Å². The van der Waals surface area contributed by atoms with Gasteiger partial charge in [-0.25, -0.2) is 13.6 Å². The summed E-state index contributed by atoms with van der Waals surface area (Å²) < 4.78 is 39.4. The molecule has 1 aromatic heterocycles. The summed E-state index contributed by atoms with van der Waals surface area (Å²) in [6.07, 6.45) is 0.685. The molecular weight excluding hydrogens is 330 g/mol.